The Morgan fingerprint density at radius 3 is 2.84 bits per heavy atom. The summed E-state index contributed by atoms with van der Waals surface area (Å²) in [5.74, 6) is 1.05. The molecule has 132 valence electrons. The number of nitrogens with one attached hydrogen (secondary N) is 1. The molecule has 0 spiro atoms. The van der Waals surface area contributed by atoms with E-state index in [9.17, 15) is 9.59 Å². The van der Waals surface area contributed by atoms with E-state index in [-0.39, 0.29) is 18.0 Å². The van der Waals surface area contributed by atoms with Gasteiger partial charge in [-0.15, -0.1) is 0 Å². The quantitative estimate of drug-likeness (QED) is 0.906. The molecule has 1 atom stereocenters. The molecule has 1 N–H and O–H groups in total. The van der Waals surface area contributed by atoms with Gasteiger partial charge in [0.25, 0.3) is 5.56 Å². The van der Waals surface area contributed by atoms with Gasteiger partial charge in [0, 0.05) is 11.8 Å². The van der Waals surface area contributed by atoms with Gasteiger partial charge in [0.2, 0.25) is 5.91 Å². The first-order chi connectivity index (χ1) is 12.0. The number of benzene rings is 1. The Hall–Kier alpha value is -2.63. The molecule has 6 heteroatoms. The Kier molecular flexibility index (Phi) is 5.16. The normalized spacial score (nSPS) is 16.2. The number of carbonyl (C=O) groups excluding carboxylic acids is 1. The van der Waals surface area contributed by atoms with Crippen LogP contribution in [0.1, 0.15) is 31.5 Å². The minimum atomic E-state index is -0.275. The molecule has 2 aromatic rings. The van der Waals surface area contributed by atoms with Crippen LogP contribution in [-0.2, 0) is 24.2 Å². The highest BCUT2D eigenvalue weighted by Gasteiger charge is 2.18. The fraction of sp³-hybridized carbons (Fsp3) is 0.421. The Balaban J connectivity index is 1.67. The molecule has 1 aliphatic rings. The second-order valence-electron chi connectivity index (χ2n) is 6.47. The predicted octanol–water partition coefficient (Wildman–Crippen LogP) is 2.41. The SMILES string of the molecule is CCOc1ccc(NC(=O)Cn2nc3c(cc2=O)C[C@H](C)CC3)cc1. The maximum atomic E-state index is 12.2. The number of hydrogen-bond acceptors (Lipinski definition) is 4. The summed E-state index contributed by atoms with van der Waals surface area (Å²) in [4.78, 5) is 24.4. The van der Waals surface area contributed by atoms with Crippen molar-refractivity contribution < 1.29 is 9.53 Å². The van der Waals surface area contributed by atoms with Crippen molar-refractivity contribution in [2.24, 2.45) is 5.92 Å². The molecule has 0 saturated carbocycles. The summed E-state index contributed by atoms with van der Waals surface area (Å²) >= 11 is 0. The smallest absolute Gasteiger partial charge is 0.267 e. The van der Waals surface area contributed by atoms with E-state index in [2.05, 4.69) is 17.3 Å². The van der Waals surface area contributed by atoms with Crippen LogP contribution in [0.2, 0.25) is 0 Å². The Morgan fingerprint density at radius 1 is 1.36 bits per heavy atom. The largest absolute Gasteiger partial charge is 0.494 e. The van der Waals surface area contributed by atoms with Crippen molar-refractivity contribution in [3.8, 4) is 5.75 Å². The summed E-state index contributed by atoms with van der Waals surface area (Å²) in [6.45, 7) is 4.60. The molecule has 1 aliphatic carbocycles. The van der Waals surface area contributed by atoms with Crippen LogP contribution in [0.5, 0.6) is 5.75 Å². The number of rotatable bonds is 5. The average molecular weight is 341 g/mol. The molecule has 6 nitrogen and oxygen atoms in total. The third kappa shape index (κ3) is 4.26. The first kappa shape index (κ1) is 17.2. The maximum Gasteiger partial charge on any atom is 0.267 e. The van der Waals surface area contributed by atoms with E-state index in [1.807, 2.05) is 6.92 Å². The zero-order chi connectivity index (χ0) is 17.8. The van der Waals surface area contributed by atoms with Gasteiger partial charge in [0.05, 0.1) is 12.3 Å². The zero-order valence-electron chi connectivity index (χ0n) is 14.6. The van der Waals surface area contributed by atoms with E-state index >= 15 is 0 Å². The third-order valence-corrected chi connectivity index (χ3v) is 4.35. The van der Waals surface area contributed by atoms with Crippen molar-refractivity contribution in [2.45, 2.75) is 39.7 Å². The van der Waals surface area contributed by atoms with Crippen LogP contribution in [-0.4, -0.2) is 22.3 Å². The Bertz CT molecular complexity index is 812. The minimum Gasteiger partial charge on any atom is -0.494 e. The predicted molar refractivity (Wildman–Crippen MR) is 95.9 cm³/mol. The molecule has 1 aromatic heterocycles. The van der Waals surface area contributed by atoms with Gasteiger partial charge in [-0.25, -0.2) is 4.68 Å². The second-order valence-corrected chi connectivity index (χ2v) is 6.47. The van der Waals surface area contributed by atoms with Gasteiger partial charge in [-0.1, -0.05) is 6.92 Å². The van der Waals surface area contributed by atoms with Crippen molar-refractivity contribution >= 4 is 11.6 Å². The average Bonchev–Trinajstić information content (AvgIpc) is 2.58. The first-order valence-electron chi connectivity index (χ1n) is 8.67. The number of aromatic nitrogens is 2. The van der Waals surface area contributed by atoms with Crippen molar-refractivity contribution in [3.05, 3.63) is 51.9 Å². The highest BCUT2D eigenvalue weighted by Crippen LogP contribution is 2.22. The summed E-state index contributed by atoms with van der Waals surface area (Å²) < 4.78 is 6.62. The number of carbonyl (C=O) groups is 1. The van der Waals surface area contributed by atoms with Crippen molar-refractivity contribution in [1.29, 1.82) is 0 Å². The molecule has 0 saturated heterocycles. The van der Waals surface area contributed by atoms with Crippen molar-refractivity contribution in [2.75, 3.05) is 11.9 Å². The molecule has 1 heterocycles. The third-order valence-electron chi connectivity index (χ3n) is 4.35. The van der Waals surface area contributed by atoms with Gasteiger partial charge >= 0.3 is 0 Å². The number of hydrogen-bond donors (Lipinski definition) is 1. The topological polar surface area (TPSA) is 73.2 Å². The lowest BCUT2D eigenvalue weighted by Crippen LogP contribution is -2.32. The zero-order valence-corrected chi connectivity index (χ0v) is 14.6. The number of ether oxygens (including phenoxy) is 1. The summed E-state index contributed by atoms with van der Waals surface area (Å²) in [7, 11) is 0. The van der Waals surface area contributed by atoms with E-state index < -0.39 is 0 Å². The molecule has 0 aliphatic heterocycles. The van der Waals surface area contributed by atoms with Gasteiger partial charge in [-0.2, -0.15) is 5.10 Å². The lowest BCUT2D eigenvalue weighted by Gasteiger charge is -2.20. The standard InChI is InChI=1S/C19H23N3O3/c1-3-25-16-7-5-15(6-8-16)20-18(23)12-22-19(24)11-14-10-13(2)4-9-17(14)21-22/h5-8,11,13H,3-4,9-10,12H2,1-2H3,(H,20,23)/t13-/m1/s1. The highest BCUT2D eigenvalue weighted by molar-refractivity contribution is 5.90. The van der Waals surface area contributed by atoms with Crippen LogP contribution in [0.4, 0.5) is 5.69 Å². The molecule has 0 bridgehead atoms. The number of amides is 1. The Morgan fingerprint density at radius 2 is 2.12 bits per heavy atom. The van der Waals surface area contributed by atoms with E-state index in [1.165, 1.54) is 4.68 Å². The molecule has 0 radical (unpaired) electrons. The van der Waals surface area contributed by atoms with Crippen LogP contribution in [0.15, 0.2) is 35.1 Å². The Labute approximate surface area is 146 Å². The first-order valence-corrected chi connectivity index (χ1v) is 8.67. The van der Waals surface area contributed by atoms with Crippen molar-refractivity contribution in [1.82, 2.24) is 9.78 Å². The number of fused-ring (bicyclic) bond motifs is 1. The van der Waals surface area contributed by atoms with Gasteiger partial charge < -0.3 is 10.1 Å². The molecule has 25 heavy (non-hydrogen) atoms. The van der Waals surface area contributed by atoms with Crippen molar-refractivity contribution in [3.63, 3.8) is 0 Å². The van der Waals surface area contributed by atoms with Gasteiger partial charge in [-0.05, 0) is 61.9 Å². The van der Waals surface area contributed by atoms with E-state index in [4.69, 9.17) is 4.74 Å². The highest BCUT2D eigenvalue weighted by atomic mass is 16.5. The summed E-state index contributed by atoms with van der Waals surface area (Å²) in [6.07, 6.45) is 2.81. The molecule has 0 fully saturated rings. The number of nitrogens with zero attached hydrogens (tertiary/aromatic N) is 2. The van der Waals surface area contributed by atoms with Gasteiger partial charge in [0.15, 0.2) is 0 Å². The lowest BCUT2D eigenvalue weighted by atomic mass is 9.88. The van der Waals surface area contributed by atoms with Crippen LogP contribution < -0.4 is 15.6 Å². The number of aryl methyl sites for hydroxylation is 1. The maximum absolute atomic E-state index is 12.2. The second kappa shape index (κ2) is 7.51. The molecular formula is C19H23N3O3. The van der Waals surface area contributed by atoms with Crippen LogP contribution in [0.25, 0.3) is 0 Å². The molecule has 3 rings (SSSR count). The number of anilines is 1. The van der Waals surface area contributed by atoms with E-state index in [0.29, 0.717) is 18.2 Å². The monoisotopic (exact) mass is 341 g/mol. The molecule has 1 aromatic carbocycles. The van der Waals surface area contributed by atoms with Crippen LogP contribution in [0.3, 0.4) is 0 Å². The molecular weight excluding hydrogens is 318 g/mol. The van der Waals surface area contributed by atoms with E-state index in [0.717, 1.165) is 36.3 Å². The fourth-order valence-corrected chi connectivity index (χ4v) is 3.06. The van der Waals surface area contributed by atoms with Crippen LogP contribution in [0, 0.1) is 5.92 Å². The van der Waals surface area contributed by atoms with E-state index in [1.54, 1.807) is 30.3 Å². The fourth-order valence-electron chi connectivity index (χ4n) is 3.06. The van der Waals surface area contributed by atoms with Gasteiger partial charge in [-0.3, -0.25) is 9.59 Å². The molecule has 1 amide bonds. The summed E-state index contributed by atoms with van der Waals surface area (Å²) in [5, 5.41) is 7.17. The van der Waals surface area contributed by atoms with Gasteiger partial charge in [0.1, 0.15) is 12.3 Å². The lowest BCUT2D eigenvalue weighted by molar-refractivity contribution is -0.117. The molecule has 0 unspecified atom stereocenters. The minimum absolute atomic E-state index is 0.0884. The summed E-state index contributed by atoms with van der Waals surface area (Å²) in [5.41, 5.74) is 2.39. The van der Waals surface area contributed by atoms with Crippen LogP contribution >= 0.6 is 0 Å². The summed E-state index contributed by atoms with van der Waals surface area (Å²) in [6, 6.07) is 8.76.